The number of nitrogens with one attached hydrogen (secondary N) is 1. The molecule has 132 valence electrons. The van der Waals surface area contributed by atoms with Crippen LogP contribution in [0.25, 0.3) is 10.9 Å². The number of rotatable bonds is 2. The van der Waals surface area contributed by atoms with Crippen molar-refractivity contribution >= 4 is 38.4 Å². The second-order valence-corrected chi connectivity index (χ2v) is 7.30. The number of aryl methyl sites for hydroxylation is 1. The fourth-order valence-electron chi connectivity index (χ4n) is 3.62. The Bertz CT molecular complexity index is 1060. The van der Waals surface area contributed by atoms with Crippen LogP contribution in [-0.4, -0.2) is 27.3 Å². The number of carbonyl (C=O) groups is 1. The number of carbonyl (C=O) groups excluding carboxylic acids is 1. The lowest BCUT2D eigenvalue weighted by Crippen LogP contribution is -2.36. The van der Waals surface area contributed by atoms with Crippen molar-refractivity contribution in [1.82, 2.24) is 9.88 Å². The number of nitro groups is 1. The van der Waals surface area contributed by atoms with Crippen molar-refractivity contribution in [1.29, 1.82) is 0 Å². The lowest BCUT2D eigenvalue weighted by atomic mass is 10.0. The van der Waals surface area contributed by atoms with Crippen LogP contribution in [0.3, 0.4) is 0 Å². The van der Waals surface area contributed by atoms with Gasteiger partial charge in [-0.3, -0.25) is 14.9 Å². The van der Waals surface area contributed by atoms with Gasteiger partial charge in [0.05, 0.1) is 10.4 Å². The molecule has 2 heterocycles. The molecule has 0 atom stereocenters. The Kier molecular flexibility index (Phi) is 4.03. The first-order valence-electron chi connectivity index (χ1n) is 8.28. The SMILES string of the molecule is Cc1cccc(C(=O)N2CCc3[nH]c4c(Br)cccc4c3C2)c1[N+](=O)[O-]. The molecule has 1 N–H and O–H groups in total. The van der Waals surface area contributed by atoms with Gasteiger partial charge in [0.15, 0.2) is 0 Å². The molecule has 2 aromatic carbocycles. The Labute approximate surface area is 158 Å². The van der Waals surface area contributed by atoms with Gasteiger partial charge in [0.25, 0.3) is 11.6 Å². The van der Waals surface area contributed by atoms with E-state index in [1.807, 2.05) is 18.2 Å². The molecule has 1 aromatic heterocycles. The standard InChI is InChI=1S/C19H16BrN3O3/c1-11-4-2-6-13(18(11)23(25)26)19(24)22-9-8-16-14(10-22)12-5-3-7-15(20)17(12)21-16/h2-7,21H,8-10H2,1H3. The molecule has 7 heteroatoms. The molecule has 0 fully saturated rings. The van der Waals surface area contributed by atoms with Crippen molar-refractivity contribution in [3.8, 4) is 0 Å². The predicted octanol–water partition coefficient (Wildman–Crippen LogP) is 4.35. The minimum absolute atomic E-state index is 0.107. The molecule has 0 radical (unpaired) electrons. The molecule has 0 unspecified atom stereocenters. The Balaban J connectivity index is 1.73. The molecule has 0 aliphatic carbocycles. The molecule has 0 saturated heterocycles. The lowest BCUT2D eigenvalue weighted by molar-refractivity contribution is -0.385. The van der Waals surface area contributed by atoms with Gasteiger partial charge in [-0.05, 0) is 35.0 Å². The van der Waals surface area contributed by atoms with Crippen LogP contribution in [0.4, 0.5) is 5.69 Å². The first-order valence-corrected chi connectivity index (χ1v) is 9.08. The van der Waals surface area contributed by atoms with E-state index in [1.54, 1.807) is 24.0 Å². The molecule has 0 spiro atoms. The van der Waals surface area contributed by atoms with E-state index in [0.717, 1.165) is 26.6 Å². The lowest BCUT2D eigenvalue weighted by Gasteiger charge is -2.27. The molecule has 6 nitrogen and oxygen atoms in total. The van der Waals surface area contributed by atoms with E-state index in [9.17, 15) is 14.9 Å². The number of hydrogen-bond donors (Lipinski definition) is 1. The number of amides is 1. The molecule has 4 rings (SSSR count). The van der Waals surface area contributed by atoms with E-state index in [-0.39, 0.29) is 17.2 Å². The Morgan fingerprint density at radius 3 is 2.81 bits per heavy atom. The van der Waals surface area contributed by atoms with Crippen LogP contribution in [0, 0.1) is 17.0 Å². The van der Waals surface area contributed by atoms with Gasteiger partial charge < -0.3 is 9.88 Å². The highest BCUT2D eigenvalue weighted by molar-refractivity contribution is 9.10. The summed E-state index contributed by atoms with van der Waals surface area (Å²) in [5.41, 5.74) is 3.76. The van der Waals surface area contributed by atoms with Gasteiger partial charge in [-0.2, -0.15) is 0 Å². The Morgan fingerprint density at radius 2 is 2.04 bits per heavy atom. The highest BCUT2D eigenvalue weighted by Crippen LogP contribution is 2.33. The topological polar surface area (TPSA) is 79.2 Å². The summed E-state index contributed by atoms with van der Waals surface area (Å²) in [6.07, 6.45) is 0.696. The number of hydrogen-bond acceptors (Lipinski definition) is 3. The highest BCUT2D eigenvalue weighted by atomic mass is 79.9. The van der Waals surface area contributed by atoms with E-state index in [0.29, 0.717) is 25.1 Å². The number of fused-ring (bicyclic) bond motifs is 3. The van der Waals surface area contributed by atoms with Crippen molar-refractivity contribution < 1.29 is 9.72 Å². The van der Waals surface area contributed by atoms with E-state index < -0.39 is 4.92 Å². The molecule has 0 saturated carbocycles. The van der Waals surface area contributed by atoms with Gasteiger partial charge in [0.2, 0.25) is 0 Å². The third-order valence-corrected chi connectivity index (χ3v) is 5.56. The normalized spacial score (nSPS) is 13.7. The van der Waals surface area contributed by atoms with E-state index in [4.69, 9.17) is 0 Å². The maximum absolute atomic E-state index is 13.0. The maximum Gasteiger partial charge on any atom is 0.285 e. The quantitative estimate of drug-likeness (QED) is 0.500. The smallest absolute Gasteiger partial charge is 0.285 e. The summed E-state index contributed by atoms with van der Waals surface area (Å²) in [5.74, 6) is -0.296. The average Bonchev–Trinajstić information content (AvgIpc) is 3.00. The largest absolute Gasteiger partial charge is 0.357 e. The highest BCUT2D eigenvalue weighted by Gasteiger charge is 2.30. The van der Waals surface area contributed by atoms with Gasteiger partial charge >= 0.3 is 0 Å². The number of nitrogens with zero attached hydrogens (tertiary/aromatic N) is 2. The van der Waals surface area contributed by atoms with E-state index in [1.165, 1.54) is 6.07 Å². The van der Waals surface area contributed by atoms with Gasteiger partial charge in [-0.15, -0.1) is 0 Å². The Morgan fingerprint density at radius 1 is 1.27 bits per heavy atom. The summed E-state index contributed by atoms with van der Waals surface area (Å²) >= 11 is 3.55. The third kappa shape index (κ3) is 2.59. The first-order chi connectivity index (χ1) is 12.5. The van der Waals surface area contributed by atoms with Crippen LogP contribution < -0.4 is 0 Å². The summed E-state index contributed by atoms with van der Waals surface area (Å²) in [7, 11) is 0. The van der Waals surface area contributed by atoms with Crippen LogP contribution in [0.2, 0.25) is 0 Å². The van der Waals surface area contributed by atoms with Crippen molar-refractivity contribution in [2.45, 2.75) is 19.9 Å². The monoisotopic (exact) mass is 413 g/mol. The fourth-order valence-corrected chi connectivity index (χ4v) is 4.09. The molecule has 1 aliphatic heterocycles. The van der Waals surface area contributed by atoms with Crippen LogP contribution in [0.15, 0.2) is 40.9 Å². The number of H-pyrrole nitrogens is 1. The minimum Gasteiger partial charge on any atom is -0.357 e. The van der Waals surface area contributed by atoms with Crippen LogP contribution in [0.1, 0.15) is 27.2 Å². The zero-order chi connectivity index (χ0) is 18.4. The van der Waals surface area contributed by atoms with Crippen molar-refractivity contribution in [2.24, 2.45) is 0 Å². The average molecular weight is 414 g/mol. The summed E-state index contributed by atoms with van der Waals surface area (Å²) in [6.45, 7) is 2.62. The zero-order valence-electron chi connectivity index (χ0n) is 14.1. The second-order valence-electron chi connectivity index (χ2n) is 6.45. The summed E-state index contributed by atoms with van der Waals surface area (Å²) in [6, 6.07) is 10.8. The van der Waals surface area contributed by atoms with Gasteiger partial charge in [-0.25, -0.2) is 0 Å². The van der Waals surface area contributed by atoms with Crippen molar-refractivity contribution in [3.63, 3.8) is 0 Å². The third-order valence-electron chi connectivity index (χ3n) is 4.90. The van der Waals surface area contributed by atoms with Gasteiger partial charge in [0.1, 0.15) is 5.56 Å². The number of aromatic nitrogens is 1. The fraction of sp³-hybridized carbons (Fsp3) is 0.211. The summed E-state index contributed by atoms with van der Waals surface area (Å²) in [4.78, 5) is 29.1. The summed E-state index contributed by atoms with van der Waals surface area (Å²) < 4.78 is 0.983. The molecule has 1 aliphatic rings. The number of nitro benzene ring substituents is 1. The van der Waals surface area contributed by atoms with Gasteiger partial charge in [0, 0.05) is 46.2 Å². The van der Waals surface area contributed by atoms with Crippen molar-refractivity contribution in [3.05, 3.63) is 73.4 Å². The number of para-hydroxylation sites is 2. The maximum atomic E-state index is 13.0. The zero-order valence-corrected chi connectivity index (χ0v) is 15.7. The van der Waals surface area contributed by atoms with Crippen LogP contribution in [0.5, 0.6) is 0 Å². The van der Waals surface area contributed by atoms with E-state index >= 15 is 0 Å². The number of aromatic amines is 1. The predicted molar refractivity (Wildman–Crippen MR) is 102 cm³/mol. The molecular weight excluding hydrogens is 398 g/mol. The van der Waals surface area contributed by atoms with Crippen LogP contribution >= 0.6 is 15.9 Å². The Hall–Kier alpha value is -2.67. The molecular formula is C19H16BrN3O3. The number of benzene rings is 2. The van der Waals surface area contributed by atoms with Crippen LogP contribution in [-0.2, 0) is 13.0 Å². The first kappa shape index (κ1) is 16.8. The van der Waals surface area contributed by atoms with Gasteiger partial charge in [-0.1, -0.05) is 24.3 Å². The minimum atomic E-state index is -0.471. The second kappa shape index (κ2) is 6.25. The molecule has 1 amide bonds. The summed E-state index contributed by atoms with van der Waals surface area (Å²) in [5, 5.41) is 12.5. The molecule has 3 aromatic rings. The van der Waals surface area contributed by atoms with Crippen molar-refractivity contribution in [2.75, 3.05) is 6.54 Å². The number of halogens is 1. The molecule has 26 heavy (non-hydrogen) atoms. The molecule has 0 bridgehead atoms. The van der Waals surface area contributed by atoms with E-state index in [2.05, 4.69) is 20.9 Å².